The molecule has 2 heteroatoms. The third-order valence-electron chi connectivity index (χ3n) is 2.43. The van der Waals surface area contributed by atoms with E-state index in [2.05, 4.69) is 11.4 Å². The van der Waals surface area contributed by atoms with Crippen LogP contribution in [0.5, 0.6) is 5.75 Å². The number of aromatic hydroxyl groups is 1. The van der Waals surface area contributed by atoms with Crippen molar-refractivity contribution in [2.45, 2.75) is 20.3 Å². The van der Waals surface area contributed by atoms with Crippen LogP contribution in [-0.2, 0) is 6.42 Å². The van der Waals surface area contributed by atoms with Gasteiger partial charge in [0.15, 0.2) is 0 Å². The highest BCUT2D eigenvalue weighted by Gasteiger charge is 2.05. The summed E-state index contributed by atoms with van der Waals surface area (Å²) in [7, 11) is 1.91. The molecule has 0 bridgehead atoms. The van der Waals surface area contributed by atoms with Gasteiger partial charge in [0.1, 0.15) is 5.75 Å². The maximum absolute atomic E-state index is 9.78. The minimum absolute atomic E-state index is 0.454. The van der Waals surface area contributed by atoms with Gasteiger partial charge < -0.3 is 10.4 Å². The van der Waals surface area contributed by atoms with Crippen molar-refractivity contribution in [2.24, 2.45) is 0 Å². The summed E-state index contributed by atoms with van der Waals surface area (Å²) in [4.78, 5) is 0. The van der Waals surface area contributed by atoms with Crippen molar-refractivity contribution in [3.8, 4) is 5.75 Å². The molecule has 0 atom stereocenters. The lowest BCUT2D eigenvalue weighted by Gasteiger charge is -2.08. The van der Waals surface area contributed by atoms with Crippen LogP contribution in [0.1, 0.15) is 16.7 Å². The summed E-state index contributed by atoms with van der Waals surface area (Å²) in [5, 5.41) is 12.8. The first kappa shape index (κ1) is 10.1. The van der Waals surface area contributed by atoms with Crippen LogP contribution in [0.3, 0.4) is 0 Å². The van der Waals surface area contributed by atoms with E-state index in [4.69, 9.17) is 0 Å². The van der Waals surface area contributed by atoms with Crippen molar-refractivity contribution >= 4 is 0 Å². The summed E-state index contributed by atoms with van der Waals surface area (Å²) >= 11 is 0. The topological polar surface area (TPSA) is 32.3 Å². The third-order valence-corrected chi connectivity index (χ3v) is 2.43. The molecule has 0 aliphatic heterocycles. The lowest BCUT2D eigenvalue weighted by atomic mass is 10.0. The van der Waals surface area contributed by atoms with Gasteiger partial charge in [0.25, 0.3) is 0 Å². The Morgan fingerprint density at radius 1 is 1.31 bits per heavy atom. The maximum Gasteiger partial charge on any atom is 0.121 e. The molecule has 2 nitrogen and oxygen atoms in total. The molecule has 0 fully saturated rings. The van der Waals surface area contributed by atoms with Crippen molar-refractivity contribution in [3.05, 3.63) is 28.8 Å². The summed E-state index contributed by atoms with van der Waals surface area (Å²) in [6.07, 6.45) is 0.878. The summed E-state index contributed by atoms with van der Waals surface area (Å²) < 4.78 is 0. The Morgan fingerprint density at radius 3 is 2.62 bits per heavy atom. The number of aryl methyl sites for hydroxylation is 1. The van der Waals surface area contributed by atoms with Crippen molar-refractivity contribution in [2.75, 3.05) is 13.6 Å². The van der Waals surface area contributed by atoms with Crippen molar-refractivity contribution in [1.82, 2.24) is 5.32 Å². The molecule has 0 saturated heterocycles. The van der Waals surface area contributed by atoms with Crippen LogP contribution in [-0.4, -0.2) is 18.7 Å². The van der Waals surface area contributed by atoms with E-state index < -0.39 is 0 Å². The lowest BCUT2D eigenvalue weighted by molar-refractivity contribution is 0.462. The first-order valence-electron chi connectivity index (χ1n) is 4.59. The summed E-state index contributed by atoms with van der Waals surface area (Å²) in [5.41, 5.74) is 3.16. The normalized spacial score (nSPS) is 10.4. The molecule has 0 heterocycles. The average Bonchev–Trinajstić information content (AvgIpc) is 2.13. The number of phenolic OH excluding ortho intramolecular Hbond substituents is 1. The monoisotopic (exact) mass is 179 g/mol. The van der Waals surface area contributed by atoms with Gasteiger partial charge >= 0.3 is 0 Å². The van der Waals surface area contributed by atoms with Gasteiger partial charge in [0, 0.05) is 0 Å². The van der Waals surface area contributed by atoms with Gasteiger partial charge in [-0.15, -0.1) is 0 Å². The second-order valence-corrected chi connectivity index (χ2v) is 3.37. The van der Waals surface area contributed by atoms with Gasteiger partial charge in [0.05, 0.1) is 0 Å². The molecule has 0 aromatic heterocycles. The van der Waals surface area contributed by atoms with Gasteiger partial charge in [-0.3, -0.25) is 0 Å². The zero-order chi connectivity index (χ0) is 9.84. The fourth-order valence-electron chi connectivity index (χ4n) is 1.32. The largest absolute Gasteiger partial charge is 0.507 e. The predicted molar refractivity (Wildman–Crippen MR) is 55.2 cm³/mol. The Kier molecular flexibility index (Phi) is 3.32. The summed E-state index contributed by atoms with van der Waals surface area (Å²) in [6.45, 7) is 4.86. The van der Waals surface area contributed by atoms with Crippen LogP contribution in [0.25, 0.3) is 0 Å². The fourth-order valence-corrected chi connectivity index (χ4v) is 1.32. The van der Waals surface area contributed by atoms with Crippen LogP contribution in [0.15, 0.2) is 12.1 Å². The van der Waals surface area contributed by atoms with E-state index in [1.54, 1.807) is 0 Å². The maximum atomic E-state index is 9.78. The molecule has 0 saturated carbocycles. The smallest absolute Gasteiger partial charge is 0.121 e. The third kappa shape index (κ3) is 2.22. The number of nitrogens with one attached hydrogen (secondary N) is 1. The Hall–Kier alpha value is -1.02. The minimum Gasteiger partial charge on any atom is -0.507 e. The predicted octanol–water partition coefficient (Wildman–Crippen LogP) is 1.77. The molecule has 72 valence electrons. The summed E-state index contributed by atoms with van der Waals surface area (Å²) in [5.74, 6) is 0.454. The van der Waals surface area contributed by atoms with Crippen LogP contribution >= 0.6 is 0 Å². The number of likely N-dealkylation sites (N-methyl/N-ethyl adjacent to an activating group) is 1. The SMILES string of the molecule is CNCCc1ccc(C)c(C)c1O. The molecule has 0 spiro atoms. The Labute approximate surface area is 79.6 Å². The molecular weight excluding hydrogens is 162 g/mol. The van der Waals surface area contributed by atoms with Gasteiger partial charge in [-0.1, -0.05) is 12.1 Å². The Balaban J connectivity index is 2.90. The highest BCUT2D eigenvalue weighted by atomic mass is 16.3. The van der Waals surface area contributed by atoms with E-state index in [0.717, 1.165) is 29.7 Å². The van der Waals surface area contributed by atoms with E-state index >= 15 is 0 Å². The van der Waals surface area contributed by atoms with Crippen LogP contribution in [0.4, 0.5) is 0 Å². The molecule has 0 aliphatic rings. The van der Waals surface area contributed by atoms with Crippen LogP contribution < -0.4 is 5.32 Å². The van der Waals surface area contributed by atoms with Crippen molar-refractivity contribution in [1.29, 1.82) is 0 Å². The van der Waals surface area contributed by atoms with E-state index in [1.807, 2.05) is 27.0 Å². The molecular formula is C11H17NO. The Morgan fingerprint density at radius 2 is 2.00 bits per heavy atom. The molecule has 13 heavy (non-hydrogen) atoms. The van der Waals surface area contributed by atoms with Crippen molar-refractivity contribution < 1.29 is 5.11 Å². The molecule has 1 aromatic rings. The molecule has 2 N–H and O–H groups in total. The number of hydrogen-bond acceptors (Lipinski definition) is 2. The van der Waals surface area contributed by atoms with Crippen LogP contribution in [0.2, 0.25) is 0 Å². The minimum atomic E-state index is 0.454. The zero-order valence-corrected chi connectivity index (χ0v) is 8.52. The molecule has 0 amide bonds. The number of phenols is 1. The number of benzene rings is 1. The quantitative estimate of drug-likeness (QED) is 0.741. The zero-order valence-electron chi connectivity index (χ0n) is 8.52. The van der Waals surface area contributed by atoms with E-state index in [1.165, 1.54) is 0 Å². The number of hydrogen-bond donors (Lipinski definition) is 2. The van der Waals surface area contributed by atoms with Gasteiger partial charge in [-0.25, -0.2) is 0 Å². The van der Waals surface area contributed by atoms with Crippen LogP contribution in [0, 0.1) is 13.8 Å². The molecule has 1 aromatic carbocycles. The second kappa shape index (κ2) is 4.28. The van der Waals surface area contributed by atoms with Gasteiger partial charge in [-0.05, 0) is 50.6 Å². The molecule has 0 radical (unpaired) electrons. The molecule has 0 unspecified atom stereocenters. The highest BCUT2D eigenvalue weighted by Crippen LogP contribution is 2.24. The first-order valence-corrected chi connectivity index (χ1v) is 4.59. The highest BCUT2D eigenvalue weighted by molar-refractivity contribution is 5.44. The average molecular weight is 179 g/mol. The Bertz CT molecular complexity index is 294. The molecule has 0 aliphatic carbocycles. The van der Waals surface area contributed by atoms with Gasteiger partial charge in [0.2, 0.25) is 0 Å². The first-order chi connectivity index (χ1) is 6.16. The number of rotatable bonds is 3. The molecule has 1 rings (SSSR count). The lowest BCUT2D eigenvalue weighted by Crippen LogP contribution is -2.10. The van der Waals surface area contributed by atoms with Crippen molar-refractivity contribution in [3.63, 3.8) is 0 Å². The van der Waals surface area contributed by atoms with E-state index in [0.29, 0.717) is 5.75 Å². The summed E-state index contributed by atoms with van der Waals surface area (Å²) in [6, 6.07) is 4.05. The van der Waals surface area contributed by atoms with Gasteiger partial charge in [-0.2, -0.15) is 0 Å². The fraction of sp³-hybridized carbons (Fsp3) is 0.455. The second-order valence-electron chi connectivity index (χ2n) is 3.37. The standard InChI is InChI=1S/C11H17NO/c1-8-4-5-10(6-7-12-3)11(13)9(8)2/h4-5,12-13H,6-7H2,1-3H3. The van der Waals surface area contributed by atoms with E-state index in [9.17, 15) is 5.11 Å². The van der Waals surface area contributed by atoms with E-state index in [-0.39, 0.29) is 0 Å².